The molecule has 0 aliphatic carbocycles. The van der Waals surface area contributed by atoms with Gasteiger partial charge in [0.15, 0.2) is 5.76 Å². The van der Waals surface area contributed by atoms with Crippen LogP contribution in [-0.4, -0.2) is 28.9 Å². The van der Waals surface area contributed by atoms with Crippen molar-refractivity contribution in [2.45, 2.75) is 19.4 Å². The Balaban J connectivity index is 1.68. The molecule has 0 saturated carbocycles. The molecule has 1 saturated heterocycles. The lowest BCUT2D eigenvalue weighted by Crippen LogP contribution is -2.18. The smallest absolute Gasteiger partial charge is 0.231 e. The minimum Gasteiger partial charge on any atom is -0.507 e. The molecule has 2 aliphatic rings. The van der Waals surface area contributed by atoms with Crippen LogP contribution in [-0.2, 0) is 6.54 Å². The summed E-state index contributed by atoms with van der Waals surface area (Å²) in [5, 5.41) is 10.3. The number of Topliss-reactive ketones (excluding diaryl/α,β-unsaturated/α-hetero) is 1. The van der Waals surface area contributed by atoms with Gasteiger partial charge in [0.05, 0.1) is 11.1 Å². The molecule has 4 nitrogen and oxygen atoms in total. The molecule has 1 N–H and O–H groups in total. The number of phenols is 1. The molecule has 122 valence electrons. The summed E-state index contributed by atoms with van der Waals surface area (Å²) < 4.78 is 5.87. The molecule has 0 radical (unpaired) electrons. The second-order valence-corrected chi connectivity index (χ2v) is 6.27. The Labute approximate surface area is 141 Å². The third-order valence-corrected chi connectivity index (χ3v) is 4.59. The van der Waals surface area contributed by atoms with Gasteiger partial charge in [-0.05, 0) is 49.7 Å². The number of phenolic OH excluding ortho intramolecular Hbond substituents is 1. The maximum atomic E-state index is 12.6. The van der Waals surface area contributed by atoms with E-state index < -0.39 is 0 Å². The Kier molecular flexibility index (Phi) is 3.82. The van der Waals surface area contributed by atoms with Crippen molar-refractivity contribution >= 4 is 11.9 Å². The molecular formula is C20H19NO3. The first kappa shape index (κ1) is 15.0. The summed E-state index contributed by atoms with van der Waals surface area (Å²) in [6, 6.07) is 12.9. The number of carbonyl (C=O) groups is 1. The van der Waals surface area contributed by atoms with Crippen LogP contribution in [0.4, 0.5) is 0 Å². The summed E-state index contributed by atoms with van der Waals surface area (Å²) in [5.74, 6) is 0.879. The van der Waals surface area contributed by atoms with E-state index in [1.54, 1.807) is 18.2 Å². The van der Waals surface area contributed by atoms with Gasteiger partial charge in [0.1, 0.15) is 11.5 Å². The van der Waals surface area contributed by atoms with Crippen molar-refractivity contribution in [1.82, 2.24) is 4.90 Å². The van der Waals surface area contributed by atoms with Crippen LogP contribution >= 0.6 is 0 Å². The first-order chi connectivity index (χ1) is 11.7. The number of ketones is 1. The van der Waals surface area contributed by atoms with E-state index in [1.165, 1.54) is 12.8 Å². The van der Waals surface area contributed by atoms with E-state index in [2.05, 4.69) is 4.90 Å². The molecule has 2 heterocycles. The summed E-state index contributed by atoms with van der Waals surface area (Å²) in [6.45, 7) is 2.65. The molecule has 2 aromatic carbocycles. The minimum atomic E-state index is -0.128. The molecule has 0 atom stereocenters. The molecule has 2 aromatic rings. The Morgan fingerprint density at radius 1 is 1.08 bits per heavy atom. The van der Waals surface area contributed by atoms with Gasteiger partial charge in [0.25, 0.3) is 0 Å². The molecule has 24 heavy (non-hydrogen) atoms. The fraction of sp³-hybridized carbons (Fsp3) is 0.250. The van der Waals surface area contributed by atoms with Crippen LogP contribution < -0.4 is 4.74 Å². The van der Waals surface area contributed by atoms with Crippen LogP contribution in [0.25, 0.3) is 6.08 Å². The zero-order valence-electron chi connectivity index (χ0n) is 13.4. The molecule has 0 spiro atoms. The zero-order valence-corrected chi connectivity index (χ0v) is 13.4. The van der Waals surface area contributed by atoms with E-state index >= 15 is 0 Å². The zero-order chi connectivity index (χ0) is 16.5. The molecule has 0 aromatic heterocycles. The quantitative estimate of drug-likeness (QED) is 0.878. The normalized spacial score (nSPS) is 18.8. The largest absolute Gasteiger partial charge is 0.507 e. The van der Waals surface area contributed by atoms with Crippen molar-refractivity contribution in [1.29, 1.82) is 0 Å². The average molecular weight is 321 g/mol. The highest BCUT2D eigenvalue weighted by molar-refractivity contribution is 6.14. The summed E-state index contributed by atoms with van der Waals surface area (Å²) in [7, 11) is 0. The monoisotopic (exact) mass is 321 g/mol. The summed E-state index contributed by atoms with van der Waals surface area (Å²) in [5.41, 5.74) is 2.15. The van der Waals surface area contributed by atoms with Gasteiger partial charge in [-0.2, -0.15) is 0 Å². The second kappa shape index (κ2) is 6.13. The van der Waals surface area contributed by atoms with E-state index in [9.17, 15) is 9.90 Å². The summed E-state index contributed by atoms with van der Waals surface area (Å²) >= 11 is 0. The number of benzene rings is 2. The predicted molar refractivity (Wildman–Crippen MR) is 92.0 cm³/mol. The van der Waals surface area contributed by atoms with E-state index in [0.29, 0.717) is 29.2 Å². The van der Waals surface area contributed by atoms with Crippen LogP contribution in [0.15, 0.2) is 48.2 Å². The van der Waals surface area contributed by atoms with E-state index in [4.69, 9.17) is 4.74 Å². The number of rotatable bonds is 3. The molecule has 2 aliphatic heterocycles. The highest BCUT2D eigenvalue weighted by Crippen LogP contribution is 2.40. The highest BCUT2D eigenvalue weighted by Gasteiger charge is 2.31. The number of aromatic hydroxyl groups is 1. The second-order valence-electron chi connectivity index (χ2n) is 6.27. The van der Waals surface area contributed by atoms with Gasteiger partial charge in [-0.15, -0.1) is 0 Å². The van der Waals surface area contributed by atoms with Crippen LogP contribution in [0.1, 0.15) is 34.3 Å². The van der Waals surface area contributed by atoms with Gasteiger partial charge in [-0.1, -0.05) is 30.3 Å². The maximum Gasteiger partial charge on any atom is 0.231 e. The van der Waals surface area contributed by atoms with Gasteiger partial charge >= 0.3 is 0 Å². The molecule has 4 heteroatoms. The summed E-state index contributed by atoms with van der Waals surface area (Å²) in [4.78, 5) is 14.9. The average Bonchev–Trinajstić information content (AvgIpc) is 3.21. The third-order valence-electron chi connectivity index (χ3n) is 4.59. The molecule has 0 unspecified atom stereocenters. The summed E-state index contributed by atoms with van der Waals surface area (Å²) in [6.07, 6.45) is 4.10. The Morgan fingerprint density at radius 3 is 2.58 bits per heavy atom. The molecular weight excluding hydrogens is 302 g/mol. The SMILES string of the molecule is O=C1C(=Cc2ccccc2)Oc2c1ccc(O)c2CN1CCCC1. The lowest BCUT2D eigenvalue weighted by Gasteiger charge is -2.17. The van der Waals surface area contributed by atoms with E-state index in [0.717, 1.165) is 18.7 Å². The lowest BCUT2D eigenvalue weighted by atomic mass is 10.0. The molecule has 4 rings (SSSR count). The van der Waals surface area contributed by atoms with Gasteiger partial charge in [-0.25, -0.2) is 0 Å². The number of nitrogens with zero attached hydrogens (tertiary/aromatic N) is 1. The van der Waals surface area contributed by atoms with Crippen LogP contribution in [0, 0.1) is 0 Å². The number of hydrogen-bond acceptors (Lipinski definition) is 4. The number of fused-ring (bicyclic) bond motifs is 1. The Morgan fingerprint density at radius 2 is 1.83 bits per heavy atom. The van der Waals surface area contributed by atoms with Crippen molar-refractivity contribution in [3.05, 3.63) is 64.9 Å². The van der Waals surface area contributed by atoms with Gasteiger partial charge in [-0.3, -0.25) is 9.69 Å². The molecule has 1 fully saturated rings. The fourth-order valence-electron chi connectivity index (χ4n) is 3.31. The van der Waals surface area contributed by atoms with E-state index in [-0.39, 0.29) is 11.5 Å². The lowest BCUT2D eigenvalue weighted by molar-refractivity contribution is 0.101. The van der Waals surface area contributed by atoms with E-state index in [1.807, 2.05) is 30.3 Å². The minimum absolute atomic E-state index is 0.128. The molecule has 0 amide bonds. The first-order valence-electron chi connectivity index (χ1n) is 8.29. The first-order valence-corrected chi connectivity index (χ1v) is 8.29. The standard InChI is InChI=1S/C20H19NO3/c22-17-9-8-15-19(23)18(12-14-6-2-1-3-7-14)24-20(15)16(17)13-21-10-4-5-11-21/h1-3,6-9,12,22H,4-5,10-11,13H2. The van der Waals surface area contributed by atoms with Crippen LogP contribution in [0.2, 0.25) is 0 Å². The Bertz CT molecular complexity index is 805. The van der Waals surface area contributed by atoms with Crippen LogP contribution in [0.5, 0.6) is 11.5 Å². The molecule has 0 bridgehead atoms. The fourth-order valence-corrected chi connectivity index (χ4v) is 3.31. The van der Waals surface area contributed by atoms with Crippen molar-refractivity contribution in [2.24, 2.45) is 0 Å². The number of ether oxygens (including phenoxy) is 1. The van der Waals surface area contributed by atoms with Gasteiger partial charge in [0, 0.05) is 6.54 Å². The highest BCUT2D eigenvalue weighted by atomic mass is 16.5. The van der Waals surface area contributed by atoms with Gasteiger partial charge < -0.3 is 9.84 Å². The van der Waals surface area contributed by atoms with Crippen LogP contribution in [0.3, 0.4) is 0 Å². The topological polar surface area (TPSA) is 49.8 Å². The van der Waals surface area contributed by atoms with Gasteiger partial charge in [0.2, 0.25) is 5.78 Å². The number of allylic oxidation sites excluding steroid dienone is 1. The van der Waals surface area contributed by atoms with Crippen molar-refractivity contribution in [2.75, 3.05) is 13.1 Å². The Hall–Kier alpha value is -2.59. The number of carbonyl (C=O) groups excluding carboxylic acids is 1. The predicted octanol–water partition coefficient (Wildman–Crippen LogP) is 3.60. The maximum absolute atomic E-state index is 12.6. The number of likely N-dealkylation sites (tertiary alicyclic amines) is 1. The number of hydrogen-bond donors (Lipinski definition) is 1. The van der Waals surface area contributed by atoms with Crippen molar-refractivity contribution in [3.8, 4) is 11.5 Å². The third kappa shape index (κ3) is 2.69. The van der Waals surface area contributed by atoms with Crippen molar-refractivity contribution < 1.29 is 14.6 Å². The van der Waals surface area contributed by atoms with Crippen molar-refractivity contribution in [3.63, 3.8) is 0 Å².